The quantitative estimate of drug-likeness (QED) is 0.342. The number of ether oxygens (including phenoxy) is 1. The molecule has 0 aliphatic carbocycles. The molecule has 0 radical (unpaired) electrons. The topological polar surface area (TPSA) is 43.4 Å². The number of hydrogen-bond acceptors (Lipinski definition) is 4. The molecule has 3 nitrogen and oxygen atoms in total. The molecule has 0 heterocycles. The van der Waals surface area contributed by atoms with Gasteiger partial charge in [0.1, 0.15) is 0 Å². The maximum Gasteiger partial charge on any atom is 0.379 e. The first-order valence-electron chi connectivity index (χ1n) is 5.14. The average Bonchev–Trinajstić information content (AvgIpc) is 2.29. The van der Waals surface area contributed by atoms with Crippen LogP contribution in [0.5, 0.6) is 0 Å². The van der Waals surface area contributed by atoms with Gasteiger partial charge in [0, 0.05) is 10.5 Å². The summed E-state index contributed by atoms with van der Waals surface area (Å²) < 4.78 is 4.69. The molecule has 0 saturated carbocycles. The predicted molar refractivity (Wildman–Crippen MR) is 63.8 cm³/mol. The summed E-state index contributed by atoms with van der Waals surface area (Å²) >= 11 is 1.54. The maximum absolute atomic E-state index is 11.7. The van der Waals surface area contributed by atoms with Crippen molar-refractivity contribution in [2.45, 2.75) is 18.7 Å². The summed E-state index contributed by atoms with van der Waals surface area (Å²) in [4.78, 5) is 23.9. The van der Waals surface area contributed by atoms with Gasteiger partial charge in [0.15, 0.2) is 0 Å². The lowest BCUT2D eigenvalue weighted by molar-refractivity contribution is -0.137. The number of ketones is 1. The molecular weight excluding hydrogens is 224 g/mol. The van der Waals surface area contributed by atoms with Gasteiger partial charge < -0.3 is 4.74 Å². The van der Waals surface area contributed by atoms with Crippen LogP contribution in [0, 0.1) is 0 Å². The van der Waals surface area contributed by atoms with Crippen LogP contribution in [0.1, 0.15) is 24.2 Å². The summed E-state index contributed by atoms with van der Waals surface area (Å²) in [5.74, 6) is -0.502. The van der Waals surface area contributed by atoms with Crippen molar-refractivity contribution in [2.24, 2.45) is 0 Å². The molecular formula is C12H14O3S. The predicted octanol–water partition coefficient (Wildman–Crippen LogP) is 2.54. The first kappa shape index (κ1) is 12.8. The molecule has 0 aromatic heterocycles. The van der Waals surface area contributed by atoms with Crippen molar-refractivity contribution >= 4 is 23.5 Å². The van der Waals surface area contributed by atoms with Gasteiger partial charge in [-0.1, -0.05) is 19.1 Å². The van der Waals surface area contributed by atoms with E-state index in [4.69, 9.17) is 4.74 Å². The molecule has 0 fully saturated rings. The molecule has 1 rings (SSSR count). The third-order valence-electron chi connectivity index (χ3n) is 1.89. The normalized spacial score (nSPS) is 9.88. The standard InChI is InChI=1S/C12H14O3S/c1-3-15-12(14)11(13)9-7-5-6-8-10(9)16-4-2/h5-8H,3-4H2,1-2H3. The number of rotatable bonds is 5. The molecule has 4 heteroatoms. The lowest BCUT2D eigenvalue weighted by Gasteiger charge is -2.06. The van der Waals surface area contributed by atoms with Crippen LogP contribution >= 0.6 is 11.8 Å². The lowest BCUT2D eigenvalue weighted by atomic mass is 10.1. The van der Waals surface area contributed by atoms with Crippen LogP contribution in [0.15, 0.2) is 29.2 Å². The summed E-state index contributed by atoms with van der Waals surface area (Å²) in [7, 11) is 0. The lowest BCUT2D eigenvalue weighted by Crippen LogP contribution is -2.18. The summed E-state index contributed by atoms with van der Waals surface area (Å²) in [5, 5.41) is 0. The van der Waals surface area contributed by atoms with Crippen molar-refractivity contribution in [3.63, 3.8) is 0 Å². The van der Waals surface area contributed by atoms with Gasteiger partial charge in [-0.3, -0.25) is 4.79 Å². The first-order valence-corrected chi connectivity index (χ1v) is 6.12. The van der Waals surface area contributed by atoms with Crippen LogP contribution in [0.2, 0.25) is 0 Å². The third-order valence-corrected chi connectivity index (χ3v) is 2.85. The zero-order valence-electron chi connectivity index (χ0n) is 9.36. The molecule has 0 N–H and O–H groups in total. The highest BCUT2D eigenvalue weighted by Gasteiger charge is 2.20. The second-order valence-corrected chi connectivity index (χ2v) is 4.28. The Morgan fingerprint density at radius 2 is 1.94 bits per heavy atom. The minimum absolute atomic E-state index is 0.216. The van der Waals surface area contributed by atoms with E-state index in [-0.39, 0.29) is 6.61 Å². The number of hydrogen-bond donors (Lipinski definition) is 0. The molecule has 86 valence electrons. The van der Waals surface area contributed by atoms with E-state index in [0.717, 1.165) is 10.6 Å². The van der Waals surface area contributed by atoms with Crippen LogP contribution < -0.4 is 0 Å². The smallest absolute Gasteiger partial charge is 0.379 e. The summed E-state index contributed by atoms with van der Waals surface area (Å²) in [6, 6.07) is 7.07. The third kappa shape index (κ3) is 3.10. The second kappa shape index (κ2) is 6.33. The molecule has 1 aromatic rings. The van der Waals surface area contributed by atoms with E-state index in [9.17, 15) is 9.59 Å². The van der Waals surface area contributed by atoms with Gasteiger partial charge in [-0.15, -0.1) is 11.8 Å². The Labute approximate surface area is 99.2 Å². The Balaban J connectivity index is 2.94. The van der Waals surface area contributed by atoms with Crippen LogP contribution in [0.25, 0.3) is 0 Å². The van der Waals surface area contributed by atoms with Gasteiger partial charge in [0.25, 0.3) is 5.78 Å². The van der Waals surface area contributed by atoms with E-state index in [1.54, 1.807) is 19.1 Å². The van der Waals surface area contributed by atoms with Crippen molar-refractivity contribution in [1.29, 1.82) is 0 Å². The minimum atomic E-state index is -0.786. The Morgan fingerprint density at radius 3 is 2.56 bits per heavy atom. The van der Waals surface area contributed by atoms with E-state index in [1.807, 2.05) is 19.1 Å². The molecule has 0 spiro atoms. The van der Waals surface area contributed by atoms with Gasteiger partial charge in [-0.05, 0) is 24.8 Å². The Morgan fingerprint density at radius 1 is 1.25 bits per heavy atom. The van der Waals surface area contributed by atoms with E-state index in [2.05, 4.69) is 0 Å². The molecule has 0 atom stereocenters. The van der Waals surface area contributed by atoms with Gasteiger partial charge >= 0.3 is 5.97 Å². The maximum atomic E-state index is 11.7. The number of benzene rings is 1. The fourth-order valence-electron chi connectivity index (χ4n) is 1.24. The average molecular weight is 238 g/mol. The van der Waals surface area contributed by atoms with Gasteiger partial charge in [-0.25, -0.2) is 4.79 Å². The van der Waals surface area contributed by atoms with Gasteiger partial charge in [-0.2, -0.15) is 0 Å². The van der Waals surface area contributed by atoms with Crippen molar-refractivity contribution in [1.82, 2.24) is 0 Å². The molecule has 1 aromatic carbocycles. The molecule has 0 unspecified atom stereocenters. The van der Waals surface area contributed by atoms with Crippen LogP contribution in [0.4, 0.5) is 0 Å². The molecule has 0 amide bonds. The highest BCUT2D eigenvalue weighted by molar-refractivity contribution is 7.99. The van der Waals surface area contributed by atoms with E-state index in [0.29, 0.717) is 5.56 Å². The molecule has 16 heavy (non-hydrogen) atoms. The Kier molecular flexibility index (Phi) is 5.05. The number of carbonyl (C=O) groups is 2. The summed E-state index contributed by atoms with van der Waals surface area (Å²) in [6.07, 6.45) is 0. The summed E-state index contributed by atoms with van der Waals surface area (Å²) in [6.45, 7) is 3.89. The first-order chi connectivity index (χ1) is 7.70. The molecule has 0 bridgehead atoms. The second-order valence-electron chi connectivity index (χ2n) is 2.98. The van der Waals surface area contributed by atoms with E-state index >= 15 is 0 Å². The van der Waals surface area contributed by atoms with Crippen molar-refractivity contribution in [3.8, 4) is 0 Å². The molecule has 0 saturated heterocycles. The van der Waals surface area contributed by atoms with E-state index < -0.39 is 11.8 Å². The van der Waals surface area contributed by atoms with Crippen molar-refractivity contribution in [2.75, 3.05) is 12.4 Å². The minimum Gasteiger partial charge on any atom is -0.460 e. The highest BCUT2D eigenvalue weighted by atomic mass is 32.2. The number of thioether (sulfide) groups is 1. The largest absolute Gasteiger partial charge is 0.460 e. The monoisotopic (exact) mass is 238 g/mol. The fourth-order valence-corrected chi connectivity index (χ4v) is 2.04. The summed E-state index contributed by atoms with van der Waals surface area (Å²) in [5.41, 5.74) is 0.424. The number of esters is 1. The molecule has 0 aliphatic rings. The van der Waals surface area contributed by atoms with Crippen LogP contribution in [-0.4, -0.2) is 24.1 Å². The SMILES string of the molecule is CCOC(=O)C(=O)c1ccccc1SCC. The number of carbonyl (C=O) groups excluding carboxylic acids is 2. The van der Waals surface area contributed by atoms with E-state index in [1.165, 1.54) is 11.8 Å². The van der Waals surface area contributed by atoms with Crippen molar-refractivity contribution < 1.29 is 14.3 Å². The molecule has 0 aliphatic heterocycles. The fraction of sp³-hybridized carbons (Fsp3) is 0.333. The number of Topliss-reactive ketones (excluding diaryl/α,β-unsaturated/α-hetero) is 1. The Hall–Kier alpha value is -1.29. The highest BCUT2D eigenvalue weighted by Crippen LogP contribution is 2.22. The zero-order valence-corrected chi connectivity index (χ0v) is 10.2. The zero-order chi connectivity index (χ0) is 12.0. The van der Waals surface area contributed by atoms with Crippen molar-refractivity contribution in [3.05, 3.63) is 29.8 Å². The van der Waals surface area contributed by atoms with Gasteiger partial charge in [0.05, 0.1) is 6.61 Å². The van der Waals surface area contributed by atoms with Gasteiger partial charge in [0.2, 0.25) is 0 Å². The van der Waals surface area contributed by atoms with Crippen LogP contribution in [-0.2, 0) is 9.53 Å². The Bertz CT molecular complexity index is 388. The van der Waals surface area contributed by atoms with Crippen LogP contribution in [0.3, 0.4) is 0 Å².